The van der Waals surface area contributed by atoms with Gasteiger partial charge in [-0.3, -0.25) is 0 Å². The summed E-state index contributed by atoms with van der Waals surface area (Å²) in [5.41, 5.74) is 3.68. The Labute approximate surface area is 230 Å². The molecule has 1 aliphatic rings. The fourth-order valence-corrected chi connectivity index (χ4v) is 5.73. The number of thiophene rings is 1. The lowest BCUT2D eigenvalue weighted by Gasteiger charge is -2.25. The molecule has 1 aliphatic carbocycles. The van der Waals surface area contributed by atoms with E-state index in [1.165, 1.54) is 116 Å². The predicted octanol–water partition coefficient (Wildman–Crippen LogP) is 10.7. The van der Waals surface area contributed by atoms with Crippen molar-refractivity contribution in [3.63, 3.8) is 0 Å². The van der Waals surface area contributed by atoms with E-state index >= 15 is 0 Å². The standard InChI is InChI=1S/C32H52N2O2S/c1-3-5-7-9-11-13-15-17-19-21-23-35-31-29-30(34-28-26-37-25-27(28)33-29)32(31)36-24-22-20-18-16-14-12-10-8-6-4-2/h25-26H,3-24H2,1-2H3. The number of rotatable bonds is 24. The van der Waals surface area contributed by atoms with E-state index < -0.39 is 0 Å². The molecule has 0 atom stereocenters. The van der Waals surface area contributed by atoms with Crippen LogP contribution in [-0.2, 0) is 9.47 Å². The van der Waals surface area contributed by atoms with Gasteiger partial charge in [-0.1, -0.05) is 129 Å². The van der Waals surface area contributed by atoms with Crippen molar-refractivity contribution in [3.8, 4) is 0 Å². The first-order chi connectivity index (χ1) is 18.3. The smallest absolute Gasteiger partial charge is 0.191 e. The van der Waals surface area contributed by atoms with Crippen LogP contribution in [-0.4, -0.2) is 23.2 Å². The highest BCUT2D eigenvalue weighted by Gasteiger charge is 2.34. The van der Waals surface area contributed by atoms with Crippen LogP contribution in [0.15, 0.2) is 10.8 Å². The van der Waals surface area contributed by atoms with E-state index in [1.54, 1.807) is 11.3 Å². The van der Waals surface area contributed by atoms with Gasteiger partial charge in [0.25, 0.3) is 0 Å². The van der Waals surface area contributed by atoms with Gasteiger partial charge in [-0.2, -0.15) is 0 Å². The third-order valence-electron chi connectivity index (χ3n) is 7.44. The molecule has 208 valence electrons. The van der Waals surface area contributed by atoms with Crippen molar-refractivity contribution in [3.05, 3.63) is 22.1 Å². The van der Waals surface area contributed by atoms with Gasteiger partial charge in [0.15, 0.2) is 11.5 Å². The molecule has 2 aromatic heterocycles. The summed E-state index contributed by atoms with van der Waals surface area (Å²) in [5.74, 6) is 1.66. The normalized spacial score (nSPS) is 12.7. The Morgan fingerprint density at radius 1 is 0.486 bits per heavy atom. The number of ether oxygens (including phenoxy) is 2. The van der Waals surface area contributed by atoms with Crippen molar-refractivity contribution >= 4 is 33.9 Å². The Kier molecular flexibility index (Phi) is 15.0. The maximum atomic E-state index is 6.22. The summed E-state index contributed by atoms with van der Waals surface area (Å²) in [5, 5.41) is 4.12. The summed E-state index contributed by atoms with van der Waals surface area (Å²) < 4.78 is 12.4. The van der Waals surface area contributed by atoms with Crippen molar-refractivity contribution in [2.45, 2.75) is 142 Å². The zero-order valence-electron chi connectivity index (χ0n) is 23.8. The largest absolute Gasteiger partial charge is 0.487 e. The minimum absolute atomic E-state index is 0.736. The zero-order valence-corrected chi connectivity index (χ0v) is 24.6. The van der Waals surface area contributed by atoms with Gasteiger partial charge in [0, 0.05) is 10.8 Å². The fourth-order valence-electron chi connectivity index (χ4n) is 5.06. The molecule has 37 heavy (non-hydrogen) atoms. The second-order valence-corrected chi connectivity index (χ2v) is 11.5. The van der Waals surface area contributed by atoms with E-state index in [9.17, 15) is 0 Å². The Balaban J connectivity index is 1.33. The van der Waals surface area contributed by atoms with Gasteiger partial charge < -0.3 is 9.47 Å². The van der Waals surface area contributed by atoms with Crippen molar-refractivity contribution in [1.82, 2.24) is 9.97 Å². The number of hydrogen-bond acceptors (Lipinski definition) is 5. The molecule has 2 heterocycles. The molecule has 2 aromatic rings. The lowest BCUT2D eigenvalue weighted by atomic mass is 10.0. The number of fused-ring (bicyclic) bond motifs is 2. The number of hydrogen-bond donors (Lipinski definition) is 0. The van der Waals surface area contributed by atoms with E-state index in [2.05, 4.69) is 24.6 Å². The molecule has 4 nitrogen and oxygen atoms in total. The van der Waals surface area contributed by atoms with Crippen molar-refractivity contribution < 1.29 is 9.47 Å². The van der Waals surface area contributed by atoms with Gasteiger partial charge in [0.1, 0.15) is 22.4 Å². The van der Waals surface area contributed by atoms with Crippen LogP contribution < -0.4 is 0 Å². The van der Waals surface area contributed by atoms with Crippen molar-refractivity contribution in [2.75, 3.05) is 13.2 Å². The second-order valence-electron chi connectivity index (χ2n) is 10.8. The summed E-state index contributed by atoms with van der Waals surface area (Å²) in [6.45, 7) is 6.03. The van der Waals surface area contributed by atoms with Gasteiger partial charge in [0.05, 0.1) is 13.2 Å². The van der Waals surface area contributed by atoms with Crippen LogP contribution in [0.2, 0.25) is 0 Å². The zero-order chi connectivity index (χ0) is 26.0. The van der Waals surface area contributed by atoms with Crippen molar-refractivity contribution in [1.29, 1.82) is 0 Å². The van der Waals surface area contributed by atoms with Gasteiger partial charge >= 0.3 is 0 Å². The molecule has 0 N–H and O–H groups in total. The number of nitrogens with zero attached hydrogens (tertiary/aromatic N) is 2. The van der Waals surface area contributed by atoms with E-state index in [0.29, 0.717) is 0 Å². The van der Waals surface area contributed by atoms with E-state index in [0.717, 1.165) is 60.0 Å². The maximum absolute atomic E-state index is 6.22. The Morgan fingerprint density at radius 3 is 1.16 bits per heavy atom. The highest BCUT2D eigenvalue weighted by Crippen LogP contribution is 2.41. The number of unbranched alkanes of at least 4 members (excludes halogenated alkanes) is 18. The van der Waals surface area contributed by atoms with Gasteiger partial charge in [-0.15, -0.1) is 11.3 Å². The second kappa shape index (κ2) is 18.6. The molecule has 0 amide bonds. The highest BCUT2D eigenvalue weighted by atomic mass is 32.1. The summed E-state index contributed by atoms with van der Waals surface area (Å²) in [7, 11) is 0. The molecule has 0 saturated carbocycles. The molecule has 3 rings (SSSR count). The third-order valence-corrected chi connectivity index (χ3v) is 8.15. The molecule has 0 aliphatic heterocycles. The van der Waals surface area contributed by atoms with Gasteiger partial charge in [-0.25, -0.2) is 9.97 Å². The summed E-state index contributed by atoms with van der Waals surface area (Å²) in [6, 6.07) is 0. The average molecular weight is 529 g/mol. The molecule has 0 aromatic carbocycles. The van der Waals surface area contributed by atoms with E-state index in [4.69, 9.17) is 19.4 Å². The van der Waals surface area contributed by atoms with Crippen LogP contribution in [0.1, 0.15) is 154 Å². The summed E-state index contributed by atoms with van der Waals surface area (Å²) >= 11 is 1.65. The third kappa shape index (κ3) is 10.6. The molecule has 0 saturated heterocycles. The Bertz CT molecular complexity index is 837. The Hall–Kier alpha value is -1.62. The monoisotopic (exact) mass is 528 g/mol. The molecule has 0 fully saturated rings. The molecule has 5 heteroatoms. The van der Waals surface area contributed by atoms with Crippen LogP contribution in [0.4, 0.5) is 0 Å². The van der Waals surface area contributed by atoms with Crippen molar-refractivity contribution in [2.24, 2.45) is 0 Å². The molecule has 0 radical (unpaired) electrons. The molecule has 0 spiro atoms. The SMILES string of the molecule is CCCCCCCCCCCCOC1=C(OCCCCCCCCCCCC)c2nc3cscc3nc21. The van der Waals surface area contributed by atoms with E-state index in [1.807, 2.05) is 0 Å². The van der Waals surface area contributed by atoms with Crippen LogP contribution in [0.25, 0.3) is 22.6 Å². The van der Waals surface area contributed by atoms with Crippen LogP contribution in [0.3, 0.4) is 0 Å². The topological polar surface area (TPSA) is 44.2 Å². The summed E-state index contributed by atoms with van der Waals surface area (Å²) in [4.78, 5) is 9.63. The lowest BCUT2D eigenvalue weighted by molar-refractivity contribution is 0.224. The quantitative estimate of drug-likeness (QED) is 0.127. The number of aromatic nitrogens is 2. The van der Waals surface area contributed by atoms with Gasteiger partial charge in [-0.05, 0) is 12.8 Å². The first kappa shape index (κ1) is 29.9. The molecular weight excluding hydrogens is 476 g/mol. The minimum atomic E-state index is 0.736. The molecule has 0 bridgehead atoms. The first-order valence-electron chi connectivity index (χ1n) is 15.6. The maximum Gasteiger partial charge on any atom is 0.191 e. The predicted molar refractivity (Wildman–Crippen MR) is 160 cm³/mol. The molecule has 0 unspecified atom stereocenters. The fraction of sp³-hybridized carbons (Fsp3) is 0.750. The minimum Gasteiger partial charge on any atom is -0.487 e. The van der Waals surface area contributed by atoms with E-state index in [-0.39, 0.29) is 0 Å². The molecular formula is C32H52N2O2S. The van der Waals surface area contributed by atoms with Gasteiger partial charge in [0.2, 0.25) is 0 Å². The Morgan fingerprint density at radius 2 is 0.811 bits per heavy atom. The first-order valence-corrected chi connectivity index (χ1v) is 16.5. The van der Waals surface area contributed by atoms with Crippen LogP contribution in [0, 0.1) is 0 Å². The highest BCUT2D eigenvalue weighted by molar-refractivity contribution is 7.09. The van der Waals surface area contributed by atoms with Crippen LogP contribution in [0.5, 0.6) is 0 Å². The lowest BCUT2D eigenvalue weighted by Crippen LogP contribution is -2.17. The summed E-state index contributed by atoms with van der Waals surface area (Å²) in [6.07, 6.45) is 26.6. The van der Waals surface area contributed by atoms with Crippen LogP contribution >= 0.6 is 11.3 Å². The average Bonchev–Trinajstić information content (AvgIpc) is 3.37.